The Labute approximate surface area is 167 Å². The number of carbonyl (C=O) groups excluding carboxylic acids is 1. The summed E-state index contributed by atoms with van der Waals surface area (Å²) in [5.41, 5.74) is 3.18. The number of amides is 1. The van der Waals surface area contributed by atoms with Crippen LogP contribution in [0.15, 0.2) is 72.1 Å². The monoisotopic (exact) mass is 394 g/mol. The Morgan fingerprint density at radius 2 is 1.89 bits per heavy atom. The molecule has 0 atom stereocenters. The molecule has 2 heterocycles. The number of carbonyl (C=O) groups is 1. The number of rotatable bonds is 5. The number of nitrogens with zero attached hydrogens (tertiary/aromatic N) is 2. The minimum Gasteiger partial charge on any atom is -0.340 e. The van der Waals surface area contributed by atoms with E-state index in [4.69, 9.17) is 11.6 Å². The van der Waals surface area contributed by atoms with E-state index in [-0.39, 0.29) is 5.91 Å². The third kappa shape index (κ3) is 3.77. The zero-order valence-electron chi connectivity index (χ0n) is 14.9. The van der Waals surface area contributed by atoms with Gasteiger partial charge in [0.1, 0.15) is 6.54 Å². The van der Waals surface area contributed by atoms with Crippen LogP contribution < -0.4 is 0 Å². The normalized spacial score (nSPS) is 11.0. The fourth-order valence-electron chi connectivity index (χ4n) is 3.24. The quantitative estimate of drug-likeness (QED) is 0.427. The number of aromatic nitrogens is 1. The lowest BCUT2D eigenvalue weighted by atomic mass is 10.2. The van der Waals surface area contributed by atoms with Crippen molar-refractivity contribution in [3.05, 3.63) is 82.7 Å². The fourth-order valence-corrected chi connectivity index (χ4v) is 4.17. The second kappa shape index (κ2) is 7.59. The van der Waals surface area contributed by atoms with Crippen molar-refractivity contribution in [3.8, 4) is 10.6 Å². The van der Waals surface area contributed by atoms with E-state index < -0.39 is 0 Å². The van der Waals surface area contributed by atoms with Gasteiger partial charge in [-0.1, -0.05) is 48.0 Å². The maximum Gasteiger partial charge on any atom is 0.242 e. The van der Waals surface area contributed by atoms with Crippen molar-refractivity contribution in [2.75, 3.05) is 7.05 Å². The molecule has 3 nitrogen and oxygen atoms in total. The van der Waals surface area contributed by atoms with Gasteiger partial charge in [-0.2, -0.15) is 0 Å². The maximum absolute atomic E-state index is 12.9. The van der Waals surface area contributed by atoms with Gasteiger partial charge in [0.2, 0.25) is 5.91 Å². The summed E-state index contributed by atoms with van der Waals surface area (Å²) in [6, 6.07) is 22.1. The minimum atomic E-state index is 0.0732. The number of hydrogen-bond donors (Lipinski definition) is 0. The number of halogens is 1. The Morgan fingerprint density at radius 3 is 2.63 bits per heavy atom. The van der Waals surface area contributed by atoms with E-state index >= 15 is 0 Å². The Hall–Kier alpha value is -2.56. The fraction of sp³-hybridized carbons (Fsp3) is 0.136. The van der Waals surface area contributed by atoms with Crippen molar-refractivity contribution in [3.63, 3.8) is 0 Å². The minimum absolute atomic E-state index is 0.0732. The van der Waals surface area contributed by atoms with Gasteiger partial charge in [0.05, 0.1) is 10.6 Å². The van der Waals surface area contributed by atoms with Gasteiger partial charge in [-0.05, 0) is 41.3 Å². The molecule has 136 valence electrons. The molecule has 2 aromatic heterocycles. The average molecular weight is 395 g/mol. The third-order valence-electron chi connectivity index (χ3n) is 4.62. The summed E-state index contributed by atoms with van der Waals surface area (Å²) >= 11 is 7.84. The lowest BCUT2D eigenvalue weighted by Gasteiger charge is -2.19. The van der Waals surface area contributed by atoms with Crippen LogP contribution in [-0.4, -0.2) is 22.4 Å². The topological polar surface area (TPSA) is 25.2 Å². The van der Waals surface area contributed by atoms with Crippen LogP contribution in [0.4, 0.5) is 0 Å². The first-order valence-electron chi connectivity index (χ1n) is 8.72. The zero-order chi connectivity index (χ0) is 18.8. The number of benzene rings is 2. The Morgan fingerprint density at radius 1 is 1.07 bits per heavy atom. The summed E-state index contributed by atoms with van der Waals surface area (Å²) in [5.74, 6) is 0.0732. The van der Waals surface area contributed by atoms with Crippen molar-refractivity contribution >= 4 is 39.7 Å². The summed E-state index contributed by atoms with van der Waals surface area (Å²) in [6.07, 6.45) is 0. The van der Waals surface area contributed by atoms with Gasteiger partial charge in [0.25, 0.3) is 0 Å². The highest BCUT2D eigenvalue weighted by Gasteiger charge is 2.17. The van der Waals surface area contributed by atoms with Crippen LogP contribution in [0.2, 0.25) is 5.02 Å². The smallest absolute Gasteiger partial charge is 0.242 e. The molecule has 27 heavy (non-hydrogen) atoms. The predicted molar refractivity (Wildman–Crippen MR) is 113 cm³/mol. The second-order valence-electron chi connectivity index (χ2n) is 6.53. The van der Waals surface area contributed by atoms with Gasteiger partial charge < -0.3 is 9.47 Å². The first-order valence-corrected chi connectivity index (χ1v) is 9.98. The van der Waals surface area contributed by atoms with Crippen molar-refractivity contribution in [2.45, 2.75) is 13.1 Å². The highest BCUT2D eigenvalue weighted by atomic mass is 35.5. The molecule has 2 aromatic carbocycles. The van der Waals surface area contributed by atoms with E-state index in [9.17, 15) is 4.79 Å². The molecule has 0 bridgehead atoms. The van der Waals surface area contributed by atoms with E-state index in [1.807, 2.05) is 67.0 Å². The first kappa shape index (κ1) is 17.8. The molecule has 0 aliphatic heterocycles. The number of hydrogen-bond acceptors (Lipinski definition) is 2. The van der Waals surface area contributed by atoms with Gasteiger partial charge >= 0.3 is 0 Å². The highest BCUT2D eigenvalue weighted by Crippen LogP contribution is 2.32. The largest absolute Gasteiger partial charge is 0.340 e. The molecule has 0 saturated carbocycles. The molecule has 0 aliphatic carbocycles. The highest BCUT2D eigenvalue weighted by molar-refractivity contribution is 7.13. The van der Waals surface area contributed by atoms with Crippen LogP contribution in [0.3, 0.4) is 0 Å². The molecule has 4 aromatic rings. The van der Waals surface area contributed by atoms with Gasteiger partial charge in [-0.25, -0.2) is 0 Å². The van der Waals surface area contributed by atoms with E-state index in [2.05, 4.69) is 16.7 Å². The first-order chi connectivity index (χ1) is 13.1. The van der Waals surface area contributed by atoms with Crippen LogP contribution in [0.5, 0.6) is 0 Å². The Kier molecular flexibility index (Phi) is 5.01. The van der Waals surface area contributed by atoms with Crippen LogP contribution in [0.1, 0.15) is 5.56 Å². The van der Waals surface area contributed by atoms with E-state index in [0.717, 1.165) is 27.0 Å². The molecule has 0 spiro atoms. The Bertz CT molecular complexity index is 1070. The van der Waals surface area contributed by atoms with Crippen molar-refractivity contribution < 1.29 is 4.79 Å². The molecule has 1 amide bonds. The molecule has 5 heteroatoms. The van der Waals surface area contributed by atoms with Gasteiger partial charge in [-0.3, -0.25) is 4.79 Å². The lowest BCUT2D eigenvalue weighted by Crippen LogP contribution is -2.29. The summed E-state index contributed by atoms with van der Waals surface area (Å²) in [5, 5.41) is 3.79. The number of thiophene rings is 1. The summed E-state index contributed by atoms with van der Waals surface area (Å²) in [6.45, 7) is 0.890. The van der Waals surface area contributed by atoms with Crippen LogP contribution in [0, 0.1) is 0 Å². The molecule has 0 fully saturated rings. The summed E-state index contributed by atoms with van der Waals surface area (Å²) < 4.78 is 2.08. The molecular weight excluding hydrogens is 376 g/mol. The molecule has 0 unspecified atom stereocenters. The van der Waals surface area contributed by atoms with Gasteiger partial charge in [0.15, 0.2) is 0 Å². The molecular formula is C22H19ClN2OS. The van der Waals surface area contributed by atoms with Crippen molar-refractivity contribution in [1.82, 2.24) is 9.47 Å². The SMILES string of the molecule is CN(Cc1ccccc1)C(=O)Cn1c(-c2cccs2)cc2cc(Cl)ccc21. The van der Waals surface area contributed by atoms with Gasteiger partial charge in [-0.15, -0.1) is 11.3 Å². The molecule has 0 N–H and O–H groups in total. The second-order valence-corrected chi connectivity index (χ2v) is 7.92. The van der Waals surface area contributed by atoms with E-state index in [1.54, 1.807) is 16.2 Å². The van der Waals surface area contributed by atoms with Crippen LogP contribution in [0.25, 0.3) is 21.5 Å². The molecule has 0 aliphatic rings. The lowest BCUT2D eigenvalue weighted by molar-refractivity contribution is -0.130. The maximum atomic E-state index is 12.9. The third-order valence-corrected chi connectivity index (χ3v) is 5.75. The van der Waals surface area contributed by atoms with Crippen LogP contribution in [-0.2, 0) is 17.9 Å². The van der Waals surface area contributed by atoms with Crippen LogP contribution >= 0.6 is 22.9 Å². The number of likely N-dealkylation sites (N-methyl/N-ethyl adjacent to an activating group) is 1. The average Bonchev–Trinajstić information content (AvgIpc) is 3.30. The number of fused-ring (bicyclic) bond motifs is 1. The predicted octanol–water partition coefficient (Wildman–Crippen LogP) is 5.68. The van der Waals surface area contributed by atoms with E-state index in [1.165, 1.54) is 0 Å². The van der Waals surface area contributed by atoms with Crippen molar-refractivity contribution in [1.29, 1.82) is 0 Å². The standard InChI is InChI=1S/C22H19ClN2OS/c1-24(14-16-6-3-2-4-7-16)22(26)15-25-19-10-9-18(23)12-17(19)13-20(25)21-8-5-11-27-21/h2-13H,14-15H2,1H3. The molecule has 0 radical (unpaired) electrons. The molecule has 4 rings (SSSR count). The van der Waals surface area contributed by atoms with E-state index in [0.29, 0.717) is 18.1 Å². The Balaban J connectivity index is 1.66. The summed E-state index contributed by atoms with van der Waals surface area (Å²) in [4.78, 5) is 15.8. The molecule has 0 saturated heterocycles. The summed E-state index contributed by atoms with van der Waals surface area (Å²) in [7, 11) is 1.85. The zero-order valence-corrected chi connectivity index (χ0v) is 16.5. The van der Waals surface area contributed by atoms with Gasteiger partial charge in [0, 0.05) is 29.5 Å². The van der Waals surface area contributed by atoms with Crippen molar-refractivity contribution in [2.24, 2.45) is 0 Å².